The SMILES string of the molecule is CC[C@H](CC(OC(C)=O)[C@@H](C)[C@H]1CC[C@H]2[C@@H]3[C@H]4OC(C)(C)O[C@@H]4[C@H]4C[C@@H](O)CC[C@]4(C)[C@H]3CC[C@]12C)C(C)C. The Morgan fingerprint density at radius 1 is 0.923 bits per heavy atom. The molecule has 1 N–H and O–H groups in total. The van der Waals surface area contributed by atoms with Crippen molar-refractivity contribution in [2.45, 2.75) is 150 Å². The zero-order chi connectivity index (χ0) is 28.5. The fourth-order valence-corrected chi connectivity index (χ4v) is 11.1. The molecule has 1 unspecified atom stereocenters. The minimum Gasteiger partial charge on any atom is -0.462 e. The van der Waals surface area contributed by atoms with Gasteiger partial charge in [-0.25, -0.2) is 0 Å². The van der Waals surface area contributed by atoms with Crippen LogP contribution >= 0.6 is 0 Å². The number of esters is 1. The van der Waals surface area contributed by atoms with Crippen molar-refractivity contribution in [1.29, 1.82) is 0 Å². The lowest BCUT2D eigenvalue weighted by Gasteiger charge is -2.63. The van der Waals surface area contributed by atoms with Gasteiger partial charge in [0, 0.05) is 6.92 Å². The molecule has 0 spiro atoms. The fraction of sp³-hybridized carbons (Fsp3) is 0.971. The molecule has 1 heterocycles. The smallest absolute Gasteiger partial charge is 0.302 e. The zero-order valence-electron chi connectivity index (χ0n) is 26.4. The highest BCUT2D eigenvalue weighted by Gasteiger charge is 2.68. The van der Waals surface area contributed by atoms with Gasteiger partial charge in [0.2, 0.25) is 0 Å². The summed E-state index contributed by atoms with van der Waals surface area (Å²) in [7, 11) is 0. The van der Waals surface area contributed by atoms with Crippen molar-refractivity contribution in [3.63, 3.8) is 0 Å². The van der Waals surface area contributed by atoms with Crippen molar-refractivity contribution >= 4 is 5.97 Å². The number of aliphatic hydroxyl groups excluding tert-OH is 1. The monoisotopic (exact) mass is 546 g/mol. The number of aliphatic hydroxyl groups is 1. The van der Waals surface area contributed by atoms with Gasteiger partial charge in [0.25, 0.3) is 0 Å². The van der Waals surface area contributed by atoms with Gasteiger partial charge in [0.05, 0.1) is 18.3 Å². The predicted molar refractivity (Wildman–Crippen MR) is 154 cm³/mol. The molecule has 0 aromatic carbocycles. The molecule has 5 nitrogen and oxygen atoms in total. The van der Waals surface area contributed by atoms with Crippen LogP contribution in [-0.4, -0.2) is 41.3 Å². The summed E-state index contributed by atoms with van der Waals surface area (Å²) in [6.45, 7) is 20.1. The van der Waals surface area contributed by atoms with Crippen LogP contribution in [0.1, 0.15) is 120 Å². The lowest BCUT2D eigenvalue weighted by Crippen LogP contribution is -2.63. The van der Waals surface area contributed by atoms with Gasteiger partial charge in [0.15, 0.2) is 5.79 Å². The van der Waals surface area contributed by atoms with Crippen LogP contribution in [0.3, 0.4) is 0 Å². The molecular formula is C34H58O5. The molecule has 39 heavy (non-hydrogen) atoms. The second kappa shape index (κ2) is 10.6. The van der Waals surface area contributed by atoms with E-state index in [9.17, 15) is 9.90 Å². The maximum atomic E-state index is 12.3. The molecule has 0 aromatic heterocycles. The summed E-state index contributed by atoms with van der Waals surface area (Å²) in [6, 6.07) is 0. The van der Waals surface area contributed by atoms with Crippen LogP contribution in [0.25, 0.3) is 0 Å². The number of hydrogen-bond donors (Lipinski definition) is 1. The molecule has 224 valence electrons. The average molecular weight is 547 g/mol. The van der Waals surface area contributed by atoms with Gasteiger partial charge in [-0.15, -0.1) is 0 Å². The molecule has 13 atom stereocenters. The summed E-state index contributed by atoms with van der Waals surface area (Å²) in [5.74, 6) is 3.43. The van der Waals surface area contributed by atoms with E-state index in [-0.39, 0.29) is 41.2 Å². The van der Waals surface area contributed by atoms with E-state index in [1.54, 1.807) is 6.92 Å². The number of carbonyl (C=O) groups excluding carboxylic acids is 1. The van der Waals surface area contributed by atoms with Crippen molar-refractivity contribution in [2.24, 2.45) is 58.2 Å². The summed E-state index contributed by atoms with van der Waals surface area (Å²) >= 11 is 0. The van der Waals surface area contributed by atoms with Crippen LogP contribution in [0.5, 0.6) is 0 Å². The second-order valence-electron chi connectivity index (χ2n) is 15.8. The highest BCUT2D eigenvalue weighted by atomic mass is 16.8. The molecule has 0 amide bonds. The summed E-state index contributed by atoms with van der Waals surface area (Å²) in [4.78, 5) is 12.3. The number of carbonyl (C=O) groups is 1. The maximum absolute atomic E-state index is 12.3. The lowest BCUT2D eigenvalue weighted by molar-refractivity contribution is -0.192. The van der Waals surface area contributed by atoms with Gasteiger partial charge in [-0.05, 0) is 123 Å². The van der Waals surface area contributed by atoms with E-state index in [2.05, 4.69) is 55.4 Å². The molecule has 5 heteroatoms. The van der Waals surface area contributed by atoms with Gasteiger partial charge < -0.3 is 19.3 Å². The van der Waals surface area contributed by atoms with Gasteiger partial charge in [-0.3, -0.25) is 4.79 Å². The van der Waals surface area contributed by atoms with E-state index in [1.807, 2.05) is 0 Å². The van der Waals surface area contributed by atoms with Gasteiger partial charge in [-0.2, -0.15) is 0 Å². The Kier molecular flexibility index (Phi) is 8.08. The maximum Gasteiger partial charge on any atom is 0.302 e. The zero-order valence-corrected chi connectivity index (χ0v) is 26.4. The summed E-state index contributed by atoms with van der Waals surface area (Å²) < 4.78 is 19.7. The fourth-order valence-electron chi connectivity index (χ4n) is 11.1. The summed E-state index contributed by atoms with van der Waals surface area (Å²) in [6.07, 6.45) is 9.83. The quantitative estimate of drug-likeness (QED) is 0.337. The largest absolute Gasteiger partial charge is 0.462 e. The van der Waals surface area contributed by atoms with Crippen molar-refractivity contribution in [1.82, 2.24) is 0 Å². The van der Waals surface area contributed by atoms with Gasteiger partial charge >= 0.3 is 5.97 Å². The topological polar surface area (TPSA) is 65.0 Å². The van der Waals surface area contributed by atoms with Gasteiger partial charge in [0.1, 0.15) is 6.10 Å². The predicted octanol–water partition coefficient (Wildman–Crippen LogP) is 7.39. The molecule has 4 saturated carbocycles. The van der Waals surface area contributed by atoms with Crippen molar-refractivity contribution in [3.05, 3.63) is 0 Å². The molecule has 0 bridgehead atoms. The van der Waals surface area contributed by atoms with E-state index >= 15 is 0 Å². The Morgan fingerprint density at radius 2 is 1.56 bits per heavy atom. The highest BCUT2D eigenvalue weighted by molar-refractivity contribution is 5.66. The van der Waals surface area contributed by atoms with Crippen LogP contribution < -0.4 is 0 Å². The van der Waals surface area contributed by atoms with E-state index in [4.69, 9.17) is 14.2 Å². The lowest BCUT2D eigenvalue weighted by atomic mass is 9.43. The third kappa shape index (κ3) is 5.03. The standard InChI is InChI=1S/C34H58O5/c1-10-22(19(2)3)17-28(37-21(5)35)20(4)24-11-12-25-29-26(14-16-33(24,25)8)34(9)15-13-23(36)18-27(34)30-31(29)39-32(6,7)38-30/h19-20,22-31,36H,10-18H2,1-9H3/t20-,22+,23-,24+,25-,26-,27+,28?,29-,30+,31+,33+,34+/m0/s1. The van der Waals surface area contributed by atoms with Crippen LogP contribution in [0.4, 0.5) is 0 Å². The molecule has 0 aromatic rings. The van der Waals surface area contributed by atoms with Crippen LogP contribution in [0, 0.1) is 58.2 Å². The Labute approximate surface area is 238 Å². The Hall–Kier alpha value is -0.650. The number of hydrogen-bond acceptors (Lipinski definition) is 5. The molecule has 0 radical (unpaired) electrons. The second-order valence-corrected chi connectivity index (χ2v) is 15.8. The molecule has 5 rings (SSSR count). The number of fused-ring (bicyclic) bond motifs is 8. The third-order valence-electron chi connectivity index (χ3n) is 13.1. The molecule has 1 aliphatic heterocycles. The van der Waals surface area contributed by atoms with Crippen molar-refractivity contribution in [2.75, 3.05) is 0 Å². The normalized spacial score (nSPS) is 46.9. The Balaban J connectivity index is 1.45. The first kappa shape index (κ1) is 29.8. The van der Waals surface area contributed by atoms with Crippen molar-refractivity contribution < 1.29 is 24.1 Å². The third-order valence-corrected chi connectivity index (χ3v) is 13.1. The first-order valence-electron chi connectivity index (χ1n) is 16.4. The molecule has 1 saturated heterocycles. The van der Waals surface area contributed by atoms with Crippen LogP contribution in [0.2, 0.25) is 0 Å². The minimum atomic E-state index is -0.570. The molecular weight excluding hydrogens is 488 g/mol. The molecule has 4 aliphatic carbocycles. The summed E-state index contributed by atoms with van der Waals surface area (Å²) in [5.41, 5.74) is 0.419. The number of ether oxygens (including phenoxy) is 3. The van der Waals surface area contributed by atoms with E-state index < -0.39 is 5.79 Å². The minimum absolute atomic E-state index is 0.0148. The molecule has 5 aliphatic rings. The van der Waals surface area contributed by atoms with E-state index in [0.29, 0.717) is 47.3 Å². The van der Waals surface area contributed by atoms with Crippen LogP contribution in [-0.2, 0) is 19.0 Å². The summed E-state index contributed by atoms with van der Waals surface area (Å²) in [5, 5.41) is 10.7. The first-order valence-corrected chi connectivity index (χ1v) is 16.4. The Morgan fingerprint density at radius 3 is 2.21 bits per heavy atom. The van der Waals surface area contributed by atoms with E-state index in [1.165, 1.54) is 25.7 Å². The Bertz CT molecular complexity index is 900. The van der Waals surface area contributed by atoms with E-state index in [0.717, 1.165) is 32.1 Å². The van der Waals surface area contributed by atoms with Crippen molar-refractivity contribution in [3.8, 4) is 0 Å². The molecule has 5 fully saturated rings. The highest BCUT2D eigenvalue weighted by Crippen LogP contribution is 2.70. The van der Waals surface area contributed by atoms with Gasteiger partial charge in [-0.1, -0.05) is 48.0 Å². The first-order chi connectivity index (χ1) is 18.2. The number of rotatable bonds is 7. The van der Waals surface area contributed by atoms with Crippen LogP contribution in [0.15, 0.2) is 0 Å². The average Bonchev–Trinajstić information content (AvgIpc) is 3.37.